The van der Waals surface area contributed by atoms with Gasteiger partial charge in [0.05, 0.1) is 22.9 Å². The number of hydrogen-bond acceptors (Lipinski definition) is 4. The molecule has 0 bridgehead atoms. The van der Waals surface area contributed by atoms with Crippen LogP contribution < -0.4 is 0 Å². The van der Waals surface area contributed by atoms with Crippen molar-refractivity contribution in [1.29, 1.82) is 0 Å². The van der Waals surface area contributed by atoms with Gasteiger partial charge in [-0.25, -0.2) is 0 Å². The zero-order chi connectivity index (χ0) is 13.2. The molecule has 2 heterocycles. The molecule has 1 saturated heterocycles. The highest BCUT2D eigenvalue weighted by Crippen LogP contribution is 2.10. The Hall–Kier alpha value is -0.430. The van der Waals surface area contributed by atoms with E-state index in [-0.39, 0.29) is 0 Å². The van der Waals surface area contributed by atoms with Gasteiger partial charge in [0.2, 0.25) is 0 Å². The third-order valence-corrected chi connectivity index (χ3v) is 3.43. The zero-order valence-electron chi connectivity index (χ0n) is 11.0. The molecule has 1 aliphatic rings. The number of hydrogen-bond donors (Lipinski definition) is 1. The molecule has 0 aliphatic carbocycles. The number of nitrogens with zero attached hydrogens (tertiary/aromatic N) is 4. The van der Waals surface area contributed by atoms with Gasteiger partial charge in [-0.2, -0.15) is 5.10 Å². The first-order chi connectivity index (χ1) is 8.42. The molecule has 1 aromatic heterocycles. The Labute approximate surface area is 116 Å². The van der Waals surface area contributed by atoms with E-state index in [4.69, 9.17) is 0 Å². The van der Waals surface area contributed by atoms with Crippen LogP contribution in [-0.4, -0.2) is 63.0 Å². The molecule has 0 amide bonds. The first-order valence-electron chi connectivity index (χ1n) is 6.27. The Morgan fingerprint density at radius 2 is 1.89 bits per heavy atom. The summed E-state index contributed by atoms with van der Waals surface area (Å²) in [5.74, 6) is 0. The van der Waals surface area contributed by atoms with Crippen molar-refractivity contribution in [3.05, 3.63) is 16.9 Å². The van der Waals surface area contributed by atoms with Gasteiger partial charge in [0.25, 0.3) is 0 Å². The van der Waals surface area contributed by atoms with Crippen molar-refractivity contribution in [2.75, 3.05) is 32.7 Å². The van der Waals surface area contributed by atoms with Gasteiger partial charge in [0.15, 0.2) is 0 Å². The molecule has 0 radical (unpaired) electrons. The summed E-state index contributed by atoms with van der Waals surface area (Å²) in [5, 5.41) is 14.1. The molecule has 102 valence electrons. The monoisotopic (exact) mass is 316 g/mol. The minimum atomic E-state index is -0.602. The van der Waals surface area contributed by atoms with Crippen molar-refractivity contribution in [2.24, 2.45) is 0 Å². The summed E-state index contributed by atoms with van der Waals surface area (Å²) in [6.07, 6.45) is 3.80. The number of aliphatic hydroxyl groups is 1. The van der Waals surface area contributed by atoms with E-state index in [1.165, 1.54) is 0 Å². The number of piperazine rings is 1. The van der Waals surface area contributed by atoms with Crippen LogP contribution >= 0.6 is 15.9 Å². The maximum absolute atomic E-state index is 9.80. The van der Waals surface area contributed by atoms with E-state index in [1.807, 2.05) is 30.9 Å². The smallest absolute Gasteiger partial charge is 0.0930 e. The fourth-order valence-corrected chi connectivity index (χ4v) is 2.58. The summed E-state index contributed by atoms with van der Waals surface area (Å²) < 4.78 is 2.96. The highest BCUT2D eigenvalue weighted by molar-refractivity contribution is 9.10. The average molecular weight is 317 g/mol. The van der Waals surface area contributed by atoms with Crippen LogP contribution in [0.15, 0.2) is 16.9 Å². The molecule has 2 rings (SSSR count). The lowest BCUT2D eigenvalue weighted by Crippen LogP contribution is -2.50. The van der Waals surface area contributed by atoms with Crippen LogP contribution in [0.2, 0.25) is 0 Å². The number of halogens is 1. The van der Waals surface area contributed by atoms with Crippen molar-refractivity contribution < 1.29 is 5.11 Å². The van der Waals surface area contributed by atoms with Crippen LogP contribution in [0.4, 0.5) is 0 Å². The summed E-state index contributed by atoms with van der Waals surface area (Å²) in [6, 6.07) is 0. The molecule has 18 heavy (non-hydrogen) atoms. The molecular weight excluding hydrogens is 296 g/mol. The SMILES string of the molecule is CC(C)(O)CN1CCN(Cn2cc(Br)cn2)CC1. The lowest BCUT2D eigenvalue weighted by Gasteiger charge is -2.37. The fourth-order valence-electron chi connectivity index (χ4n) is 2.26. The van der Waals surface area contributed by atoms with Crippen molar-refractivity contribution >= 4 is 15.9 Å². The largest absolute Gasteiger partial charge is 0.389 e. The summed E-state index contributed by atoms with van der Waals surface area (Å²) in [4.78, 5) is 4.69. The molecule has 5 nitrogen and oxygen atoms in total. The summed E-state index contributed by atoms with van der Waals surface area (Å²) in [7, 11) is 0. The van der Waals surface area contributed by atoms with E-state index in [1.54, 1.807) is 0 Å². The molecule has 1 fully saturated rings. The highest BCUT2D eigenvalue weighted by atomic mass is 79.9. The first kappa shape index (κ1) is 14.0. The standard InChI is InChI=1S/C12H21BrN4O/c1-12(2,18)9-15-3-5-16(6-4-15)10-17-8-11(13)7-14-17/h7-8,18H,3-6,9-10H2,1-2H3. The molecule has 1 aliphatic heterocycles. The number of aromatic nitrogens is 2. The first-order valence-corrected chi connectivity index (χ1v) is 7.07. The van der Waals surface area contributed by atoms with Crippen molar-refractivity contribution in [3.8, 4) is 0 Å². The molecule has 6 heteroatoms. The van der Waals surface area contributed by atoms with E-state index in [0.29, 0.717) is 0 Å². The van der Waals surface area contributed by atoms with Gasteiger partial charge >= 0.3 is 0 Å². The number of rotatable bonds is 4. The Morgan fingerprint density at radius 3 is 2.39 bits per heavy atom. The Morgan fingerprint density at radius 1 is 1.28 bits per heavy atom. The third-order valence-electron chi connectivity index (χ3n) is 3.02. The number of β-amino-alcohol motifs (C(OH)–C–C–N with tert-alkyl or cyclic N) is 1. The van der Waals surface area contributed by atoms with Gasteiger partial charge in [-0.3, -0.25) is 14.5 Å². The molecule has 1 aromatic rings. The zero-order valence-corrected chi connectivity index (χ0v) is 12.6. The van der Waals surface area contributed by atoms with Gasteiger partial charge in [0.1, 0.15) is 0 Å². The summed E-state index contributed by atoms with van der Waals surface area (Å²) >= 11 is 3.40. The minimum absolute atomic E-state index is 0.602. The predicted octanol–water partition coefficient (Wildman–Crippen LogP) is 0.992. The molecular formula is C12H21BrN4O. The van der Waals surface area contributed by atoms with Gasteiger partial charge in [0, 0.05) is 38.9 Å². The van der Waals surface area contributed by atoms with E-state index in [9.17, 15) is 5.11 Å². The van der Waals surface area contributed by atoms with E-state index in [2.05, 4.69) is 30.8 Å². The fraction of sp³-hybridized carbons (Fsp3) is 0.750. The summed E-state index contributed by atoms with van der Waals surface area (Å²) in [5.41, 5.74) is -0.602. The van der Waals surface area contributed by atoms with Crippen LogP contribution in [0, 0.1) is 0 Å². The molecule has 0 saturated carbocycles. The average Bonchev–Trinajstić information content (AvgIpc) is 2.65. The molecule has 1 N–H and O–H groups in total. The van der Waals surface area contributed by atoms with Gasteiger partial charge < -0.3 is 5.11 Å². The Bertz CT molecular complexity index is 380. The Balaban J connectivity index is 1.77. The Kier molecular flexibility index (Phi) is 4.42. The van der Waals surface area contributed by atoms with Gasteiger partial charge in [-0.05, 0) is 29.8 Å². The molecule has 0 spiro atoms. The van der Waals surface area contributed by atoms with Crippen molar-refractivity contribution in [3.63, 3.8) is 0 Å². The molecule has 0 aromatic carbocycles. The molecule has 0 atom stereocenters. The lowest BCUT2D eigenvalue weighted by atomic mass is 10.1. The predicted molar refractivity (Wildman–Crippen MR) is 74.2 cm³/mol. The second-order valence-electron chi connectivity index (χ2n) is 5.55. The van der Waals surface area contributed by atoms with E-state index < -0.39 is 5.60 Å². The highest BCUT2D eigenvalue weighted by Gasteiger charge is 2.22. The molecule has 0 unspecified atom stereocenters. The summed E-state index contributed by atoms with van der Waals surface area (Å²) in [6.45, 7) is 9.36. The second kappa shape index (κ2) is 5.69. The minimum Gasteiger partial charge on any atom is -0.389 e. The van der Waals surface area contributed by atoms with E-state index >= 15 is 0 Å². The van der Waals surface area contributed by atoms with Crippen LogP contribution in [-0.2, 0) is 6.67 Å². The van der Waals surface area contributed by atoms with Crippen LogP contribution in [0.1, 0.15) is 13.8 Å². The maximum atomic E-state index is 9.80. The lowest BCUT2D eigenvalue weighted by molar-refractivity contribution is 0.0125. The van der Waals surface area contributed by atoms with Gasteiger partial charge in [-0.1, -0.05) is 0 Å². The quantitative estimate of drug-likeness (QED) is 0.900. The van der Waals surface area contributed by atoms with Crippen molar-refractivity contribution in [2.45, 2.75) is 26.1 Å². The van der Waals surface area contributed by atoms with Crippen LogP contribution in [0.5, 0.6) is 0 Å². The second-order valence-corrected chi connectivity index (χ2v) is 6.46. The van der Waals surface area contributed by atoms with Crippen LogP contribution in [0.3, 0.4) is 0 Å². The normalized spacial score (nSPS) is 19.3. The van der Waals surface area contributed by atoms with Crippen molar-refractivity contribution in [1.82, 2.24) is 19.6 Å². The topological polar surface area (TPSA) is 44.5 Å². The maximum Gasteiger partial charge on any atom is 0.0930 e. The van der Waals surface area contributed by atoms with E-state index in [0.717, 1.165) is 43.9 Å². The van der Waals surface area contributed by atoms with Gasteiger partial charge in [-0.15, -0.1) is 0 Å². The third kappa shape index (κ3) is 4.35. The van der Waals surface area contributed by atoms with Crippen LogP contribution in [0.25, 0.3) is 0 Å².